The van der Waals surface area contributed by atoms with Crippen molar-refractivity contribution in [2.75, 3.05) is 17.3 Å². The molecular weight excluding hydrogens is 264 g/mol. The molecule has 0 aliphatic heterocycles. The highest BCUT2D eigenvalue weighted by Crippen LogP contribution is 2.15. The quantitative estimate of drug-likeness (QED) is 0.876. The highest BCUT2D eigenvalue weighted by molar-refractivity contribution is 6.09. The SMILES string of the molecule is Cc1ccccc1NC(=O)CC(=O)N(C)c1ccccc1. The van der Waals surface area contributed by atoms with Gasteiger partial charge in [-0.3, -0.25) is 9.59 Å². The summed E-state index contributed by atoms with van der Waals surface area (Å²) in [6, 6.07) is 16.7. The number of hydrogen-bond donors (Lipinski definition) is 1. The Balaban J connectivity index is 1.97. The van der Waals surface area contributed by atoms with E-state index < -0.39 is 0 Å². The van der Waals surface area contributed by atoms with Gasteiger partial charge in [-0.2, -0.15) is 0 Å². The smallest absolute Gasteiger partial charge is 0.236 e. The van der Waals surface area contributed by atoms with Crippen molar-refractivity contribution in [1.29, 1.82) is 0 Å². The largest absolute Gasteiger partial charge is 0.325 e. The summed E-state index contributed by atoms with van der Waals surface area (Å²) in [5, 5.41) is 2.76. The van der Waals surface area contributed by atoms with Crippen LogP contribution < -0.4 is 10.2 Å². The monoisotopic (exact) mass is 282 g/mol. The minimum atomic E-state index is -0.308. The minimum absolute atomic E-state index is 0.181. The van der Waals surface area contributed by atoms with Gasteiger partial charge in [-0.15, -0.1) is 0 Å². The summed E-state index contributed by atoms with van der Waals surface area (Å²) in [6.07, 6.45) is -0.181. The van der Waals surface area contributed by atoms with Crippen LogP contribution in [0.4, 0.5) is 11.4 Å². The Hall–Kier alpha value is -2.62. The molecule has 0 aromatic heterocycles. The van der Waals surface area contributed by atoms with Crippen molar-refractivity contribution in [3.05, 3.63) is 60.2 Å². The van der Waals surface area contributed by atoms with Crippen LogP contribution >= 0.6 is 0 Å². The van der Waals surface area contributed by atoms with Crippen molar-refractivity contribution in [3.8, 4) is 0 Å². The van der Waals surface area contributed by atoms with Crippen molar-refractivity contribution >= 4 is 23.2 Å². The topological polar surface area (TPSA) is 49.4 Å². The Morgan fingerprint density at radius 2 is 1.62 bits per heavy atom. The molecule has 2 rings (SSSR count). The molecule has 0 unspecified atom stereocenters. The van der Waals surface area contributed by atoms with Crippen molar-refractivity contribution in [1.82, 2.24) is 0 Å². The third-order valence-corrected chi connectivity index (χ3v) is 3.25. The van der Waals surface area contributed by atoms with Crippen LogP contribution in [-0.4, -0.2) is 18.9 Å². The van der Waals surface area contributed by atoms with Crippen LogP contribution in [-0.2, 0) is 9.59 Å². The summed E-state index contributed by atoms with van der Waals surface area (Å²) < 4.78 is 0. The van der Waals surface area contributed by atoms with Crippen LogP contribution in [0.3, 0.4) is 0 Å². The number of amides is 2. The van der Waals surface area contributed by atoms with Gasteiger partial charge in [0.15, 0.2) is 0 Å². The number of nitrogens with one attached hydrogen (secondary N) is 1. The Labute approximate surface area is 124 Å². The average Bonchev–Trinajstić information content (AvgIpc) is 2.49. The van der Waals surface area contributed by atoms with E-state index in [2.05, 4.69) is 5.32 Å². The van der Waals surface area contributed by atoms with Gasteiger partial charge >= 0.3 is 0 Å². The highest BCUT2D eigenvalue weighted by atomic mass is 16.2. The zero-order valence-electron chi connectivity index (χ0n) is 12.2. The van der Waals surface area contributed by atoms with Gasteiger partial charge in [0.2, 0.25) is 11.8 Å². The van der Waals surface area contributed by atoms with Crippen LogP contribution in [0, 0.1) is 6.92 Å². The molecule has 0 atom stereocenters. The fraction of sp³-hybridized carbons (Fsp3) is 0.176. The second kappa shape index (κ2) is 6.70. The lowest BCUT2D eigenvalue weighted by Gasteiger charge is -2.17. The molecule has 0 aliphatic rings. The highest BCUT2D eigenvalue weighted by Gasteiger charge is 2.15. The molecular formula is C17H18N2O2. The lowest BCUT2D eigenvalue weighted by atomic mass is 10.2. The third-order valence-electron chi connectivity index (χ3n) is 3.25. The number of aryl methyl sites for hydroxylation is 1. The van der Waals surface area contributed by atoms with Gasteiger partial charge in [-0.1, -0.05) is 36.4 Å². The number of nitrogens with zero attached hydrogens (tertiary/aromatic N) is 1. The Morgan fingerprint density at radius 3 is 2.29 bits per heavy atom. The van der Waals surface area contributed by atoms with Crippen LogP contribution in [0.1, 0.15) is 12.0 Å². The average molecular weight is 282 g/mol. The standard InChI is InChI=1S/C17H18N2O2/c1-13-8-6-7-11-15(13)18-16(20)12-17(21)19(2)14-9-4-3-5-10-14/h3-11H,12H2,1-2H3,(H,18,20). The molecule has 0 saturated heterocycles. The molecule has 0 fully saturated rings. The van der Waals surface area contributed by atoms with Gasteiger partial charge < -0.3 is 10.2 Å². The fourth-order valence-corrected chi connectivity index (χ4v) is 1.96. The predicted octanol–water partition coefficient (Wildman–Crippen LogP) is 2.99. The third kappa shape index (κ3) is 3.92. The van der Waals surface area contributed by atoms with E-state index in [1.807, 2.05) is 61.5 Å². The molecule has 0 radical (unpaired) electrons. The first-order chi connectivity index (χ1) is 10.1. The first kappa shape index (κ1) is 14.8. The predicted molar refractivity (Wildman–Crippen MR) is 84.3 cm³/mol. The van der Waals surface area contributed by atoms with Crippen molar-refractivity contribution in [3.63, 3.8) is 0 Å². The molecule has 0 bridgehead atoms. The molecule has 4 nitrogen and oxygen atoms in total. The maximum Gasteiger partial charge on any atom is 0.236 e. The van der Waals surface area contributed by atoms with Gasteiger partial charge in [0.05, 0.1) is 0 Å². The lowest BCUT2D eigenvalue weighted by Crippen LogP contribution is -2.30. The summed E-state index contributed by atoms with van der Waals surface area (Å²) in [7, 11) is 1.67. The zero-order chi connectivity index (χ0) is 15.2. The van der Waals surface area contributed by atoms with E-state index in [0.717, 1.165) is 16.9 Å². The molecule has 2 aromatic rings. The van der Waals surface area contributed by atoms with Crippen molar-refractivity contribution < 1.29 is 9.59 Å². The number of benzene rings is 2. The van der Waals surface area contributed by atoms with Crippen LogP contribution in [0.2, 0.25) is 0 Å². The Morgan fingerprint density at radius 1 is 1.00 bits per heavy atom. The molecule has 0 spiro atoms. The van der Waals surface area contributed by atoms with E-state index in [0.29, 0.717) is 0 Å². The Kier molecular flexibility index (Phi) is 4.72. The van der Waals surface area contributed by atoms with E-state index in [9.17, 15) is 9.59 Å². The molecule has 4 heteroatoms. The van der Waals surface area contributed by atoms with E-state index in [1.165, 1.54) is 4.90 Å². The van der Waals surface area contributed by atoms with Crippen LogP contribution in [0.25, 0.3) is 0 Å². The number of hydrogen-bond acceptors (Lipinski definition) is 2. The molecule has 21 heavy (non-hydrogen) atoms. The summed E-state index contributed by atoms with van der Waals surface area (Å²) in [5.74, 6) is -0.552. The normalized spacial score (nSPS) is 10.0. The Bertz CT molecular complexity index is 638. The fourth-order valence-electron chi connectivity index (χ4n) is 1.96. The van der Waals surface area contributed by atoms with Gasteiger partial charge in [-0.25, -0.2) is 0 Å². The molecule has 0 saturated carbocycles. The number of anilines is 2. The molecule has 0 aliphatic carbocycles. The van der Waals surface area contributed by atoms with E-state index >= 15 is 0 Å². The van der Waals surface area contributed by atoms with Crippen molar-refractivity contribution in [2.45, 2.75) is 13.3 Å². The van der Waals surface area contributed by atoms with Gasteiger partial charge in [0.1, 0.15) is 6.42 Å². The van der Waals surface area contributed by atoms with E-state index in [-0.39, 0.29) is 18.2 Å². The zero-order valence-corrected chi connectivity index (χ0v) is 12.2. The second-order valence-corrected chi connectivity index (χ2v) is 4.83. The van der Waals surface area contributed by atoms with Gasteiger partial charge in [-0.05, 0) is 30.7 Å². The molecule has 0 heterocycles. The number of carbonyl (C=O) groups excluding carboxylic acids is 2. The molecule has 108 valence electrons. The number of para-hydroxylation sites is 2. The molecule has 1 N–H and O–H groups in total. The van der Waals surface area contributed by atoms with Crippen LogP contribution in [0.5, 0.6) is 0 Å². The summed E-state index contributed by atoms with van der Waals surface area (Å²) >= 11 is 0. The van der Waals surface area contributed by atoms with Gasteiger partial charge in [0.25, 0.3) is 0 Å². The maximum absolute atomic E-state index is 12.1. The van der Waals surface area contributed by atoms with Gasteiger partial charge in [0, 0.05) is 18.4 Å². The minimum Gasteiger partial charge on any atom is -0.325 e. The summed E-state index contributed by atoms with van der Waals surface area (Å²) in [6.45, 7) is 1.91. The van der Waals surface area contributed by atoms with Crippen molar-refractivity contribution in [2.24, 2.45) is 0 Å². The van der Waals surface area contributed by atoms with E-state index in [1.54, 1.807) is 7.05 Å². The summed E-state index contributed by atoms with van der Waals surface area (Å²) in [4.78, 5) is 25.5. The molecule has 2 aromatic carbocycles. The second-order valence-electron chi connectivity index (χ2n) is 4.83. The molecule has 2 amide bonds. The van der Waals surface area contributed by atoms with Crippen LogP contribution in [0.15, 0.2) is 54.6 Å². The van der Waals surface area contributed by atoms with E-state index in [4.69, 9.17) is 0 Å². The first-order valence-corrected chi connectivity index (χ1v) is 6.75. The number of carbonyl (C=O) groups is 2. The number of rotatable bonds is 4. The lowest BCUT2D eigenvalue weighted by molar-refractivity contribution is -0.125. The first-order valence-electron chi connectivity index (χ1n) is 6.75. The summed E-state index contributed by atoms with van der Waals surface area (Å²) in [5.41, 5.74) is 2.47. The maximum atomic E-state index is 12.1.